The molecule has 0 bridgehead atoms. The summed E-state index contributed by atoms with van der Waals surface area (Å²) in [5.74, 6) is 0.698. The van der Waals surface area contributed by atoms with E-state index in [2.05, 4.69) is 54.0 Å². The molecule has 2 aliphatic heterocycles. The molecule has 3 aliphatic rings. The Kier molecular flexibility index (Phi) is 7.74. The van der Waals surface area contributed by atoms with Crippen molar-refractivity contribution < 1.29 is 14.3 Å². The highest BCUT2D eigenvalue weighted by atomic mass is 79.9. The largest absolute Gasteiger partial charge is 0.448 e. The molecule has 0 saturated carbocycles. The van der Waals surface area contributed by atoms with Gasteiger partial charge in [-0.25, -0.2) is 4.79 Å². The second-order valence-electron chi connectivity index (χ2n) is 8.18. The fourth-order valence-corrected chi connectivity index (χ4v) is 6.24. The number of likely N-dealkylation sites (tertiary alicyclic amines) is 1. The van der Waals surface area contributed by atoms with Gasteiger partial charge in [-0.15, -0.1) is 0 Å². The van der Waals surface area contributed by atoms with Gasteiger partial charge in [-0.05, 0) is 82.4 Å². The molecule has 2 fully saturated rings. The fourth-order valence-electron chi connectivity index (χ4n) is 4.74. The van der Waals surface area contributed by atoms with Crippen LogP contribution in [0.4, 0.5) is 4.79 Å². The van der Waals surface area contributed by atoms with E-state index in [1.807, 2.05) is 17.2 Å². The molecule has 3 heterocycles. The van der Waals surface area contributed by atoms with Gasteiger partial charge in [0.1, 0.15) is 6.61 Å². The van der Waals surface area contributed by atoms with Crippen molar-refractivity contribution in [3.05, 3.63) is 60.7 Å². The topological polar surface area (TPSA) is 71.5 Å². The molecule has 1 aromatic heterocycles. The number of piperidine rings is 1. The first-order valence-electron chi connectivity index (χ1n) is 10.7. The molecular weight excluding hydrogens is 562 g/mol. The average molecular weight is 586 g/mol. The van der Waals surface area contributed by atoms with Gasteiger partial charge in [0.2, 0.25) is 6.41 Å². The van der Waals surface area contributed by atoms with Crippen LogP contribution < -0.4 is 5.32 Å². The Morgan fingerprint density at radius 1 is 1.16 bits per heavy atom. The Morgan fingerprint density at radius 2 is 1.91 bits per heavy atom. The molecule has 170 valence electrons. The van der Waals surface area contributed by atoms with Crippen molar-refractivity contribution in [2.24, 2.45) is 5.92 Å². The number of hydrogen-bond acceptors (Lipinski definition) is 4. The molecule has 1 aromatic carbocycles. The standard InChI is InChI=1S/C20H19Br2ClN2O.C3H5NO2/c21-15-7-14-2-1-13-8-16(23)9-17(22)18(13)19(20(14)24-10-15)12-3-5-25(11-26)6-4-12;5-3-4-1-2-6-3/h7-12,19H,1-6H2;1-2H2,(H,4,5). The van der Waals surface area contributed by atoms with Crippen LogP contribution in [0.1, 0.15) is 41.1 Å². The number of alkyl carbamates (subject to hydrolysis) is 1. The van der Waals surface area contributed by atoms with Crippen LogP contribution in [0.25, 0.3) is 0 Å². The lowest BCUT2D eigenvalue weighted by Crippen LogP contribution is -2.35. The number of halogens is 3. The second kappa shape index (κ2) is 10.5. The molecule has 1 atom stereocenters. The summed E-state index contributed by atoms with van der Waals surface area (Å²) < 4.78 is 6.49. The van der Waals surface area contributed by atoms with Gasteiger partial charge in [0, 0.05) is 39.2 Å². The van der Waals surface area contributed by atoms with Gasteiger partial charge < -0.3 is 15.0 Å². The Balaban J connectivity index is 0.000000354. The number of amides is 2. The first kappa shape index (κ1) is 23.5. The third-order valence-electron chi connectivity index (χ3n) is 6.22. The Hall–Kier alpha value is -1.64. The van der Waals surface area contributed by atoms with E-state index in [9.17, 15) is 9.59 Å². The van der Waals surface area contributed by atoms with E-state index in [1.165, 1.54) is 22.4 Å². The van der Waals surface area contributed by atoms with Crippen molar-refractivity contribution in [3.8, 4) is 0 Å². The number of rotatable bonds is 2. The third-order valence-corrected chi connectivity index (χ3v) is 7.52. The number of carbonyl (C=O) groups is 2. The maximum absolute atomic E-state index is 11.1. The molecule has 1 N–H and O–H groups in total. The van der Waals surface area contributed by atoms with Crippen LogP contribution in [0.2, 0.25) is 5.02 Å². The second-order valence-corrected chi connectivity index (χ2v) is 10.4. The van der Waals surface area contributed by atoms with E-state index in [-0.39, 0.29) is 12.0 Å². The summed E-state index contributed by atoms with van der Waals surface area (Å²) in [5.41, 5.74) is 5.12. The number of carbonyl (C=O) groups excluding carboxylic acids is 2. The maximum atomic E-state index is 11.1. The van der Waals surface area contributed by atoms with Crippen LogP contribution in [0, 0.1) is 5.92 Å². The van der Waals surface area contributed by atoms with Crippen molar-refractivity contribution in [2.75, 3.05) is 26.2 Å². The van der Waals surface area contributed by atoms with E-state index < -0.39 is 0 Å². The summed E-state index contributed by atoms with van der Waals surface area (Å²) in [6, 6.07) is 6.31. The number of nitrogens with zero attached hydrogens (tertiary/aromatic N) is 2. The highest BCUT2D eigenvalue weighted by molar-refractivity contribution is 9.10. The first-order chi connectivity index (χ1) is 15.5. The van der Waals surface area contributed by atoms with Gasteiger partial charge in [-0.3, -0.25) is 9.78 Å². The predicted molar refractivity (Wildman–Crippen MR) is 130 cm³/mol. The Morgan fingerprint density at radius 3 is 2.53 bits per heavy atom. The molecule has 6 nitrogen and oxygen atoms in total. The number of nitrogens with one attached hydrogen (secondary N) is 1. The van der Waals surface area contributed by atoms with Crippen LogP contribution in [-0.2, 0) is 22.4 Å². The SMILES string of the molecule is O=C1NCCO1.O=CN1CCC(C2c3ncc(Br)cc3CCc3cc(Cl)cc(Br)c32)CC1. The molecule has 2 aromatic rings. The number of aromatic nitrogens is 1. The summed E-state index contributed by atoms with van der Waals surface area (Å²) >= 11 is 13.7. The quantitative estimate of drug-likeness (QED) is 0.499. The van der Waals surface area contributed by atoms with Crippen LogP contribution >= 0.6 is 43.5 Å². The summed E-state index contributed by atoms with van der Waals surface area (Å²) in [5, 5.41) is 3.23. The smallest absolute Gasteiger partial charge is 0.407 e. The van der Waals surface area contributed by atoms with E-state index in [4.69, 9.17) is 16.6 Å². The van der Waals surface area contributed by atoms with Crippen LogP contribution in [0.15, 0.2) is 33.3 Å². The zero-order valence-corrected chi connectivity index (χ0v) is 21.4. The number of aryl methyl sites for hydroxylation is 2. The van der Waals surface area contributed by atoms with Crippen molar-refractivity contribution >= 4 is 56.0 Å². The minimum Gasteiger partial charge on any atom is -0.448 e. The Bertz CT molecular complexity index is 1000. The number of benzene rings is 1. The summed E-state index contributed by atoms with van der Waals surface area (Å²) in [7, 11) is 0. The summed E-state index contributed by atoms with van der Waals surface area (Å²) in [6.07, 6.45) is 6.49. The third kappa shape index (κ3) is 5.29. The zero-order valence-electron chi connectivity index (χ0n) is 17.5. The van der Waals surface area contributed by atoms with Gasteiger partial charge >= 0.3 is 6.09 Å². The molecule has 0 spiro atoms. The lowest BCUT2D eigenvalue weighted by Gasteiger charge is -2.35. The van der Waals surface area contributed by atoms with Crippen molar-refractivity contribution in [2.45, 2.75) is 31.6 Å². The van der Waals surface area contributed by atoms with Gasteiger partial charge in [0.05, 0.1) is 12.2 Å². The molecule has 0 radical (unpaired) electrons. The number of ether oxygens (including phenoxy) is 1. The number of cyclic esters (lactones) is 1. The number of hydrogen-bond donors (Lipinski definition) is 1. The van der Waals surface area contributed by atoms with Crippen LogP contribution in [-0.4, -0.2) is 48.6 Å². The zero-order chi connectivity index (χ0) is 22.7. The van der Waals surface area contributed by atoms with Gasteiger partial charge in [0.25, 0.3) is 0 Å². The van der Waals surface area contributed by atoms with Crippen LogP contribution in [0.3, 0.4) is 0 Å². The van der Waals surface area contributed by atoms with E-state index >= 15 is 0 Å². The molecule has 32 heavy (non-hydrogen) atoms. The lowest BCUT2D eigenvalue weighted by atomic mass is 9.76. The van der Waals surface area contributed by atoms with Crippen molar-refractivity contribution in [1.29, 1.82) is 0 Å². The predicted octanol–water partition coefficient (Wildman–Crippen LogP) is 5.09. The van der Waals surface area contributed by atoms with E-state index in [0.717, 1.165) is 59.2 Å². The van der Waals surface area contributed by atoms with Gasteiger partial charge in [0.15, 0.2) is 0 Å². The molecule has 1 unspecified atom stereocenters. The molecule has 2 amide bonds. The molecule has 9 heteroatoms. The summed E-state index contributed by atoms with van der Waals surface area (Å²) in [6.45, 7) is 2.83. The maximum Gasteiger partial charge on any atom is 0.407 e. The van der Waals surface area contributed by atoms with Gasteiger partial charge in [-0.1, -0.05) is 27.5 Å². The van der Waals surface area contributed by atoms with Crippen LogP contribution in [0.5, 0.6) is 0 Å². The highest BCUT2D eigenvalue weighted by Crippen LogP contribution is 2.46. The summed E-state index contributed by atoms with van der Waals surface area (Å²) in [4.78, 5) is 27.7. The molecule has 1 aliphatic carbocycles. The molecule has 2 saturated heterocycles. The lowest BCUT2D eigenvalue weighted by molar-refractivity contribution is -0.119. The monoisotopic (exact) mass is 583 g/mol. The number of pyridine rings is 1. The van der Waals surface area contributed by atoms with Crippen molar-refractivity contribution in [1.82, 2.24) is 15.2 Å². The fraction of sp³-hybridized carbons (Fsp3) is 0.435. The van der Waals surface area contributed by atoms with Gasteiger partial charge in [-0.2, -0.15) is 0 Å². The van der Waals surface area contributed by atoms with E-state index in [1.54, 1.807) is 0 Å². The molecule has 5 rings (SSSR count). The highest BCUT2D eigenvalue weighted by Gasteiger charge is 2.35. The normalized spacial score (nSPS) is 20.2. The first-order valence-corrected chi connectivity index (χ1v) is 12.6. The Labute approximate surface area is 209 Å². The van der Waals surface area contributed by atoms with E-state index in [0.29, 0.717) is 19.1 Å². The van der Waals surface area contributed by atoms with Crippen molar-refractivity contribution in [3.63, 3.8) is 0 Å². The minimum absolute atomic E-state index is 0.232. The molecular formula is C23H24Br2ClN3O3. The average Bonchev–Trinajstić information content (AvgIpc) is 3.20. The number of fused-ring (bicyclic) bond motifs is 2. The minimum atomic E-state index is -0.296.